The number of carbonyl (C=O) groups is 2. The molecule has 0 bridgehead atoms. The molecule has 120 valence electrons. The molecule has 2 N–H and O–H groups in total. The summed E-state index contributed by atoms with van der Waals surface area (Å²) >= 11 is 5.87. The average molecular weight is 334 g/mol. The molecular formula is C17H16ClNO4. The number of esters is 1. The molecule has 1 amide bonds. The molecular weight excluding hydrogens is 318 g/mol. The Hall–Kier alpha value is -2.53. The maximum Gasteiger partial charge on any atom is 0.310 e. The van der Waals surface area contributed by atoms with Crippen LogP contribution in [0.25, 0.3) is 0 Å². The molecule has 0 aliphatic carbocycles. The quantitative estimate of drug-likeness (QED) is 0.824. The van der Waals surface area contributed by atoms with Gasteiger partial charge in [-0.3, -0.25) is 9.59 Å². The molecule has 0 unspecified atom stereocenters. The van der Waals surface area contributed by atoms with Crippen LogP contribution in [0, 0.1) is 6.92 Å². The number of nitrogens with one attached hydrogen (secondary N) is 1. The lowest BCUT2D eigenvalue weighted by Crippen LogP contribution is -2.22. The summed E-state index contributed by atoms with van der Waals surface area (Å²) in [6, 6.07) is 11.3. The van der Waals surface area contributed by atoms with Gasteiger partial charge in [0.2, 0.25) is 0 Å². The van der Waals surface area contributed by atoms with Crippen molar-refractivity contribution in [3.05, 3.63) is 58.6 Å². The lowest BCUT2D eigenvalue weighted by atomic mass is 10.1. The fourth-order valence-electron chi connectivity index (χ4n) is 1.89. The average Bonchev–Trinajstić information content (AvgIpc) is 2.51. The van der Waals surface area contributed by atoms with E-state index in [1.807, 2.05) is 6.92 Å². The molecule has 0 heterocycles. The van der Waals surface area contributed by atoms with Crippen molar-refractivity contribution < 1.29 is 19.4 Å². The fraction of sp³-hybridized carbons (Fsp3) is 0.176. The van der Waals surface area contributed by atoms with Gasteiger partial charge in [-0.1, -0.05) is 29.8 Å². The van der Waals surface area contributed by atoms with Crippen molar-refractivity contribution in [3.63, 3.8) is 0 Å². The molecule has 0 saturated heterocycles. The number of rotatable bonds is 5. The minimum Gasteiger partial charge on any atom is -0.508 e. The Kier molecular flexibility index (Phi) is 5.60. The third-order valence-corrected chi connectivity index (χ3v) is 3.36. The van der Waals surface area contributed by atoms with E-state index < -0.39 is 11.9 Å². The molecule has 2 aromatic carbocycles. The summed E-state index contributed by atoms with van der Waals surface area (Å²) in [6.45, 7) is 1.46. The van der Waals surface area contributed by atoms with E-state index in [0.717, 1.165) is 5.56 Å². The molecule has 23 heavy (non-hydrogen) atoms. The number of hydrogen-bond donors (Lipinski definition) is 2. The van der Waals surface area contributed by atoms with Gasteiger partial charge in [-0.05, 0) is 42.3 Å². The first-order valence-corrected chi connectivity index (χ1v) is 7.31. The van der Waals surface area contributed by atoms with Gasteiger partial charge >= 0.3 is 5.97 Å². The number of phenolic OH excluding ortho intramolecular Hbond substituents is 1. The Balaban J connectivity index is 1.83. The first-order chi connectivity index (χ1) is 10.9. The SMILES string of the molecule is Cc1ccc(Cl)cc1NC(=O)COC(=O)Cc1ccc(O)cc1. The number of anilines is 1. The van der Waals surface area contributed by atoms with Gasteiger partial charge in [0.05, 0.1) is 6.42 Å². The number of phenols is 1. The van der Waals surface area contributed by atoms with E-state index in [0.29, 0.717) is 16.3 Å². The Morgan fingerprint density at radius 3 is 2.57 bits per heavy atom. The monoisotopic (exact) mass is 333 g/mol. The summed E-state index contributed by atoms with van der Waals surface area (Å²) in [7, 11) is 0. The van der Waals surface area contributed by atoms with Crippen LogP contribution >= 0.6 is 11.6 Å². The Bertz CT molecular complexity index is 713. The zero-order chi connectivity index (χ0) is 16.8. The predicted molar refractivity (Wildman–Crippen MR) is 87.6 cm³/mol. The van der Waals surface area contributed by atoms with Gasteiger partial charge in [0, 0.05) is 10.7 Å². The summed E-state index contributed by atoms with van der Waals surface area (Å²) in [5.41, 5.74) is 2.13. The second-order valence-corrected chi connectivity index (χ2v) is 5.45. The van der Waals surface area contributed by atoms with Gasteiger partial charge in [0.1, 0.15) is 5.75 Å². The van der Waals surface area contributed by atoms with Crippen molar-refractivity contribution in [1.29, 1.82) is 0 Å². The molecule has 5 nitrogen and oxygen atoms in total. The van der Waals surface area contributed by atoms with Crippen molar-refractivity contribution in [2.45, 2.75) is 13.3 Å². The lowest BCUT2D eigenvalue weighted by Gasteiger charge is -2.09. The number of carbonyl (C=O) groups excluding carboxylic acids is 2. The number of aromatic hydroxyl groups is 1. The minimum absolute atomic E-state index is 0.0315. The van der Waals surface area contributed by atoms with Crippen LogP contribution in [0.3, 0.4) is 0 Å². The van der Waals surface area contributed by atoms with Crippen molar-refractivity contribution in [1.82, 2.24) is 0 Å². The first kappa shape index (κ1) is 16.8. The Morgan fingerprint density at radius 1 is 1.17 bits per heavy atom. The maximum absolute atomic E-state index is 11.8. The normalized spacial score (nSPS) is 10.2. The van der Waals surface area contributed by atoms with Crippen LogP contribution in [0.5, 0.6) is 5.75 Å². The molecule has 0 aliphatic heterocycles. The molecule has 0 aliphatic rings. The van der Waals surface area contributed by atoms with Crippen molar-refractivity contribution in [2.75, 3.05) is 11.9 Å². The minimum atomic E-state index is -0.520. The number of ether oxygens (including phenoxy) is 1. The number of amides is 1. The molecule has 0 atom stereocenters. The largest absolute Gasteiger partial charge is 0.508 e. The second kappa shape index (κ2) is 7.65. The van der Waals surface area contributed by atoms with E-state index in [9.17, 15) is 14.7 Å². The maximum atomic E-state index is 11.8. The molecule has 6 heteroatoms. The highest BCUT2D eigenvalue weighted by Gasteiger charge is 2.10. The van der Waals surface area contributed by atoms with Crippen molar-refractivity contribution in [3.8, 4) is 5.75 Å². The molecule has 2 rings (SSSR count). The highest BCUT2D eigenvalue weighted by molar-refractivity contribution is 6.31. The molecule has 0 fully saturated rings. The summed E-state index contributed by atoms with van der Waals surface area (Å²) in [5.74, 6) is -0.832. The van der Waals surface area contributed by atoms with E-state index in [2.05, 4.69) is 5.32 Å². The first-order valence-electron chi connectivity index (χ1n) is 6.93. The van der Waals surface area contributed by atoms with Gasteiger partial charge in [0.15, 0.2) is 6.61 Å². The van der Waals surface area contributed by atoms with E-state index in [4.69, 9.17) is 16.3 Å². The standard InChI is InChI=1S/C17H16ClNO4/c1-11-2-5-13(18)9-15(11)19-16(21)10-23-17(22)8-12-3-6-14(20)7-4-12/h2-7,9,20H,8,10H2,1H3,(H,19,21). The number of hydrogen-bond acceptors (Lipinski definition) is 4. The highest BCUT2D eigenvalue weighted by atomic mass is 35.5. The zero-order valence-electron chi connectivity index (χ0n) is 12.5. The van der Waals surface area contributed by atoms with Crippen LogP contribution in [0.4, 0.5) is 5.69 Å². The molecule has 0 saturated carbocycles. The van der Waals surface area contributed by atoms with Gasteiger partial charge in [0.25, 0.3) is 5.91 Å². The van der Waals surface area contributed by atoms with Gasteiger partial charge in [-0.25, -0.2) is 0 Å². The van der Waals surface area contributed by atoms with Gasteiger partial charge < -0.3 is 15.2 Å². The summed E-state index contributed by atoms with van der Waals surface area (Å²) < 4.78 is 4.93. The Morgan fingerprint density at radius 2 is 1.87 bits per heavy atom. The lowest BCUT2D eigenvalue weighted by molar-refractivity contribution is -0.146. The summed E-state index contributed by atoms with van der Waals surface area (Å²) in [5, 5.41) is 12.3. The zero-order valence-corrected chi connectivity index (χ0v) is 13.3. The fourth-order valence-corrected chi connectivity index (χ4v) is 2.06. The van der Waals surface area contributed by atoms with E-state index >= 15 is 0 Å². The molecule has 0 spiro atoms. The van der Waals surface area contributed by atoms with E-state index in [-0.39, 0.29) is 18.8 Å². The van der Waals surface area contributed by atoms with Crippen LogP contribution < -0.4 is 5.32 Å². The Labute approximate surface area is 138 Å². The van der Waals surface area contributed by atoms with Crippen LogP contribution in [-0.4, -0.2) is 23.6 Å². The molecule has 2 aromatic rings. The summed E-state index contributed by atoms with van der Waals surface area (Å²) in [6.07, 6.45) is 0.0315. The van der Waals surface area contributed by atoms with Crippen LogP contribution in [0.2, 0.25) is 5.02 Å². The van der Waals surface area contributed by atoms with Crippen molar-refractivity contribution in [2.24, 2.45) is 0 Å². The second-order valence-electron chi connectivity index (χ2n) is 5.01. The van der Waals surface area contributed by atoms with Gasteiger partial charge in [-0.15, -0.1) is 0 Å². The van der Waals surface area contributed by atoms with Gasteiger partial charge in [-0.2, -0.15) is 0 Å². The van der Waals surface area contributed by atoms with Crippen molar-refractivity contribution >= 4 is 29.2 Å². The highest BCUT2D eigenvalue weighted by Crippen LogP contribution is 2.20. The van der Waals surface area contributed by atoms with Crippen LogP contribution in [-0.2, 0) is 20.7 Å². The number of halogens is 1. The molecule has 0 radical (unpaired) electrons. The summed E-state index contributed by atoms with van der Waals surface area (Å²) in [4.78, 5) is 23.5. The third kappa shape index (κ3) is 5.30. The van der Waals surface area contributed by atoms with E-state index in [1.54, 1.807) is 30.3 Å². The number of aryl methyl sites for hydroxylation is 1. The number of benzene rings is 2. The molecule has 0 aromatic heterocycles. The smallest absolute Gasteiger partial charge is 0.310 e. The van der Waals surface area contributed by atoms with E-state index in [1.165, 1.54) is 12.1 Å². The topological polar surface area (TPSA) is 75.6 Å². The van der Waals surface area contributed by atoms with Crippen LogP contribution in [0.15, 0.2) is 42.5 Å². The third-order valence-electron chi connectivity index (χ3n) is 3.12. The van der Waals surface area contributed by atoms with Crippen LogP contribution in [0.1, 0.15) is 11.1 Å². The predicted octanol–water partition coefficient (Wildman–Crippen LogP) is 3.08.